The van der Waals surface area contributed by atoms with Gasteiger partial charge in [-0.05, 0) is 48.0 Å². The Balaban J connectivity index is 1.73. The molecular formula is C28H27FN2O6. The molecule has 37 heavy (non-hydrogen) atoms. The molecule has 0 bridgehead atoms. The molecule has 2 amide bonds. The quantitative estimate of drug-likeness (QED) is 0.369. The third kappa shape index (κ3) is 7.35. The Morgan fingerprint density at radius 2 is 1.30 bits per heavy atom. The Hall–Kier alpha value is -4.79. The molecule has 0 fully saturated rings. The second-order valence-corrected chi connectivity index (χ2v) is 7.56. The highest BCUT2D eigenvalue weighted by Gasteiger charge is 2.12. The first-order chi connectivity index (χ1) is 17.9. The lowest BCUT2D eigenvalue weighted by Gasteiger charge is -2.13. The largest absolute Gasteiger partial charge is 0.496 e. The molecule has 8 nitrogen and oxygen atoms in total. The Labute approximate surface area is 214 Å². The lowest BCUT2D eigenvalue weighted by Crippen LogP contribution is -2.11. The van der Waals surface area contributed by atoms with Crippen molar-refractivity contribution in [2.45, 2.75) is 0 Å². The van der Waals surface area contributed by atoms with Crippen LogP contribution >= 0.6 is 0 Å². The summed E-state index contributed by atoms with van der Waals surface area (Å²) in [7, 11) is 6.02. The van der Waals surface area contributed by atoms with Crippen LogP contribution in [-0.2, 0) is 9.59 Å². The van der Waals surface area contributed by atoms with Crippen LogP contribution in [0.5, 0.6) is 23.0 Å². The number of hydrogen-bond donors (Lipinski definition) is 2. The summed E-state index contributed by atoms with van der Waals surface area (Å²) in [6, 6.07) is 13.9. The average Bonchev–Trinajstić information content (AvgIpc) is 2.91. The van der Waals surface area contributed by atoms with Crippen LogP contribution in [0.2, 0.25) is 0 Å². The molecule has 9 heteroatoms. The Bertz CT molecular complexity index is 1290. The maximum atomic E-state index is 13.0. The van der Waals surface area contributed by atoms with Crippen molar-refractivity contribution in [3.8, 4) is 23.0 Å². The molecule has 0 aliphatic heterocycles. The van der Waals surface area contributed by atoms with Crippen molar-refractivity contribution >= 4 is 35.3 Å². The summed E-state index contributed by atoms with van der Waals surface area (Å²) in [4.78, 5) is 25.0. The number of anilines is 2. The van der Waals surface area contributed by atoms with E-state index in [1.807, 2.05) is 0 Å². The smallest absolute Gasteiger partial charge is 0.248 e. The number of nitrogens with one attached hydrogen (secondary N) is 2. The van der Waals surface area contributed by atoms with Crippen molar-refractivity contribution in [1.82, 2.24) is 0 Å². The summed E-state index contributed by atoms with van der Waals surface area (Å²) >= 11 is 0. The molecule has 0 unspecified atom stereocenters. The number of rotatable bonds is 10. The molecule has 0 aliphatic rings. The normalized spacial score (nSPS) is 10.8. The SMILES string of the molecule is COc1cc(OC)c(/C=C/C(=O)Nc2ccc(OC)c(NC(=O)/C=C\c3ccc(F)cc3)c2)c(OC)c1. The van der Waals surface area contributed by atoms with Gasteiger partial charge in [-0.15, -0.1) is 0 Å². The van der Waals surface area contributed by atoms with Crippen LogP contribution in [0, 0.1) is 5.82 Å². The second-order valence-electron chi connectivity index (χ2n) is 7.56. The minimum absolute atomic E-state index is 0.358. The van der Waals surface area contributed by atoms with Gasteiger partial charge in [0.25, 0.3) is 0 Å². The molecule has 3 rings (SSSR count). The number of carbonyl (C=O) groups is 2. The summed E-state index contributed by atoms with van der Waals surface area (Å²) in [6.45, 7) is 0. The summed E-state index contributed by atoms with van der Waals surface area (Å²) in [5.74, 6) is 0.706. The zero-order chi connectivity index (χ0) is 26.8. The van der Waals surface area contributed by atoms with Gasteiger partial charge in [0.1, 0.15) is 28.8 Å². The van der Waals surface area contributed by atoms with E-state index in [9.17, 15) is 14.0 Å². The van der Waals surface area contributed by atoms with Crippen molar-refractivity contribution < 1.29 is 32.9 Å². The Kier molecular flexibility index (Phi) is 9.26. The number of ether oxygens (including phenoxy) is 4. The molecule has 0 aliphatic carbocycles. The van der Waals surface area contributed by atoms with Crippen LogP contribution in [0.3, 0.4) is 0 Å². The predicted octanol–water partition coefficient (Wildman–Crippen LogP) is 5.16. The molecule has 0 atom stereocenters. The molecule has 192 valence electrons. The molecule has 3 aromatic carbocycles. The number of methoxy groups -OCH3 is 4. The fourth-order valence-electron chi connectivity index (χ4n) is 3.34. The lowest BCUT2D eigenvalue weighted by molar-refractivity contribution is -0.112. The minimum Gasteiger partial charge on any atom is -0.496 e. The topological polar surface area (TPSA) is 95.1 Å². The third-order valence-corrected chi connectivity index (χ3v) is 5.18. The molecule has 0 saturated heterocycles. The maximum Gasteiger partial charge on any atom is 0.248 e. The number of hydrogen-bond acceptors (Lipinski definition) is 6. The fourth-order valence-corrected chi connectivity index (χ4v) is 3.34. The maximum absolute atomic E-state index is 13.0. The fraction of sp³-hybridized carbons (Fsp3) is 0.143. The minimum atomic E-state index is -0.426. The highest BCUT2D eigenvalue weighted by molar-refractivity contribution is 6.05. The molecule has 0 aromatic heterocycles. The molecule has 3 aromatic rings. The Morgan fingerprint density at radius 3 is 1.89 bits per heavy atom. The van der Waals surface area contributed by atoms with E-state index in [4.69, 9.17) is 18.9 Å². The number of amides is 2. The summed E-state index contributed by atoms with van der Waals surface area (Å²) in [6.07, 6.45) is 5.77. The van der Waals surface area contributed by atoms with E-state index in [1.165, 1.54) is 52.7 Å². The van der Waals surface area contributed by atoms with E-state index in [1.54, 1.807) is 54.6 Å². The monoisotopic (exact) mass is 506 g/mol. The predicted molar refractivity (Wildman–Crippen MR) is 141 cm³/mol. The summed E-state index contributed by atoms with van der Waals surface area (Å²) < 4.78 is 34.4. The number of halogens is 1. The number of benzene rings is 3. The zero-order valence-corrected chi connectivity index (χ0v) is 20.8. The van der Waals surface area contributed by atoms with Crippen LogP contribution in [0.1, 0.15) is 11.1 Å². The second kappa shape index (κ2) is 12.8. The molecule has 0 radical (unpaired) electrons. The van der Waals surface area contributed by atoms with Crippen molar-refractivity contribution in [3.63, 3.8) is 0 Å². The van der Waals surface area contributed by atoms with Gasteiger partial charge in [0.15, 0.2) is 0 Å². The van der Waals surface area contributed by atoms with Gasteiger partial charge in [-0.3, -0.25) is 9.59 Å². The van der Waals surface area contributed by atoms with Gasteiger partial charge in [-0.2, -0.15) is 0 Å². The molecule has 0 saturated carbocycles. The van der Waals surface area contributed by atoms with Crippen LogP contribution < -0.4 is 29.6 Å². The van der Waals surface area contributed by atoms with E-state index in [0.29, 0.717) is 45.5 Å². The van der Waals surface area contributed by atoms with Gasteiger partial charge in [-0.1, -0.05) is 12.1 Å². The highest BCUT2D eigenvalue weighted by atomic mass is 19.1. The van der Waals surface area contributed by atoms with Crippen molar-refractivity contribution in [2.24, 2.45) is 0 Å². The van der Waals surface area contributed by atoms with E-state index in [0.717, 1.165) is 0 Å². The van der Waals surface area contributed by atoms with Gasteiger partial charge in [0.2, 0.25) is 11.8 Å². The van der Waals surface area contributed by atoms with Gasteiger partial charge >= 0.3 is 0 Å². The van der Waals surface area contributed by atoms with Crippen LogP contribution in [-0.4, -0.2) is 40.3 Å². The van der Waals surface area contributed by atoms with Crippen LogP contribution in [0.15, 0.2) is 66.7 Å². The first-order valence-corrected chi connectivity index (χ1v) is 11.1. The zero-order valence-electron chi connectivity index (χ0n) is 20.8. The van der Waals surface area contributed by atoms with Crippen molar-refractivity contribution in [1.29, 1.82) is 0 Å². The van der Waals surface area contributed by atoms with Crippen LogP contribution in [0.4, 0.5) is 15.8 Å². The van der Waals surface area contributed by atoms with E-state index in [2.05, 4.69) is 10.6 Å². The first-order valence-electron chi connectivity index (χ1n) is 11.1. The standard InChI is InChI=1S/C28H27FN2O6/c1-34-21-16-25(36-3)22(26(17-21)37-4)11-14-27(32)30-20-10-12-24(35-2)23(15-20)31-28(33)13-7-18-5-8-19(29)9-6-18/h5-17H,1-4H3,(H,30,32)(H,31,33)/b13-7-,14-11+. The highest BCUT2D eigenvalue weighted by Crippen LogP contribution is 2.35. The van der Waals surface area contributed by atoms with Crippen LogP contribution in [0.25, 0.3) is 12.2 Å². The molecule has 2 N–H and O–H groups in total. The van der Waals surface area contributed by atoms with E-state index < -0.39 is 11.8 Å². The lowest BCUT2D eigenvalue weighted by atomic mass is 10.1. The van der Waals surface area contributed by atoms with Crippen molar-refractivity contribution in [2.75, 3.05) is 39.1 Å². The van der Waals surface area contributed by atoms with Gasteiger partial charge in [0, 0.05) is 30.0 Å². The van der Waals surface area contributed by atoms with Crippen molar-refractivity contribution in [3.05, 3.63) is 83.7 Å². The van der Waals surface area contributed by atoms with Gasteiger partial charge < -0.3 is 29.6 Å². The van der Waals surface area contributed by atoms with E-state index in [-0.39, 0.29) is 5.82 Å². The number of carbonyl (C=O) groups excluding carboxylic acids is 2. The molecule has 0 heterocycles. The summed E-state index contributed by atoms with van der Waals surface area (Å²) in [5.41, 5.74) is 2.02. The Morgan fingerprint density at radius 1 is 0.703 bits per heavy atom. The van der Waals surface area contributed by atoms with E-state index >= 15 is 0 Å². The average molecular weight is 507 g/mol. The van der Waals surface area contributed by atoms with Gasteiger partial charge in [-0.25, -0.2) is 4.39 Å². The first kappa shape index (κ1) is 26.8. The third-order valence-electron chi connectivity index (χ3n) is 5.18. The molecule has 0 spiro atoms. The van der Waals surface area contributed by atoms with Gasteiger partial charge in [0.05, 0.1) is 39.7 Å². The molecular weight excluding hydrogens is 479 g/mol. The summed E-state index contributed by atoms with van der Waals surface area (Å²) in [5, 5.41) is 5.46.